The molecule has 1 aromatic carbocycles. The van der Waals surface area contributed by atoms with E-state index in [4.69, 9.17) is 46.4 Å². The van der Waals surface area contributed by atoms with Crippen LogP contribution < -0.4 is 0 Å². The Hall–Kier alpha value is -0.250. The van der Waals surface area contributed by atoms with Crippen LogP contribution in [0.25, 0.3) is 0 Å². The fourth-order valence-corrected chi connectivity index (χ4v) is 2.90. The molecule has 13 heteroatoms. The Labute approximate surface area is 161 Å². The Bertz CT molecular complexity index is 676. The highest BCUT2D eigenvalue weighted by Crippen LogP contribution is 2.59. The van der Waals surface area contributed by atoms with Crippen molar-refractivity contribution in [2.75, 3.05) is 0 Å². The van der Waals surface area contributed by atoms with Crippen LogP contribution in [-0.2, 0) is 12.1 Å². The molecule has 0 N–H and O–H groups in total. The quantitative estimate of drug-likeness (QED) is 0.314. The summed E-state index contributed by atoms with van der Waals surface area (Å²) in [4.78, 5) is 0. The van der Waals surface area contributed by atoms with Gasteiger partial charge in [0.15, 0.2) is 3.79 Å². The Morgan fingerprint density at radius 3 is 1.62 bits per heavy atom. The number of benzene rings is 1. The van der Waals surface area contributed by atoms with Gasteiger partial charge in [-0.3, -0.25) is 0 Å². The standard InChI is InChI=1S/C13H7Cl4F9/c1-5-2-7(6(8(14)3-5)4-9(15,16)17)10(18,12(21,22)23)11(19,20)13(24,25)26/h2-3H,4H2,1H3. The third-order valence-electron chi connectivity index (χ3n) is 3.27. The lowest BCUT2D eigenvalue weighted by Gasteiger charge is -2.37. The van der Waals surface area contributed by atoms with E-state index in [2.05, 4.69) is 0 Å². The van der Waals surface area contributed by atoms with Gasteiger partial charge in [-0.25, -0.2) is 4.39 Å². The highest BCUT2D eigenvalue weighted by molar-refractivity contribution is 6.67. The molecule has 0 aromatic heterocycles. The van der Waals surface area contributed by atoms with E-state index in [0.29, 0.717) is 0 Å². The van der Waals surface area contributed by atoms with Gasteiger partial charge in [0.2, 0.25) is 0 Å². The molecular weight excluding hydrogens is 469 g/mol. The zero-order valence-electron chi connectivity index (χ0n) is 12.3. The van der Waals surface area contributed by atoms with E-state index in [-0.39, 0.29) is 11.6 Å². The number of hydrogen-bond acceptors (Lipinski definition) is 0. The first-order valence-corrected chi connectivity index (χ1v) is 7.83. The summed E-state index contributed by atoms with van der Waals surface area (Å²) in [6.45, 7) is 1.01. The third-order valence-corrected chi connectivity index (χ3v) is 4.01. The van der Waals surface area contributed by atoms with Crippen LogP contribution in [0.4, 0.5) is 39.5 Å². The van der Waals surface area contributed by atoms with Crippen molar-refractivity contribution in [1.29, 1.82) is 0 Å². The number of alkyl halides is 12. The topological polar surface area (TPSA) is 0 Å². The number of aryl methyl sites for hydroxylation is 1. The van der Waals surface area contributed by atoms with Crippen molar-refractivity contribution in [3.63, 3.8) is 0 Å². The van der Waals surface area contributed by atoms with Gasteiger partial charge in [0.1, 0.15) is 0 Å². The zero-order valence-corrected chi connectivity index (χ0v) is 15.3. The normalized spacial score (nSPS) is 16.5. The van der Waals surface area contributed by atoms with Crippen LogP contribution in [0.2, 0.25) is 5.02 Å². The van der Waals surface area contributed by atoms with E-state index in [1.54, 1.807) is 0 Å². The Morgan fingerprint density at radius 2 is 1.27 bits per heavy atom. The summed E-state index contributed by atoms with van der Waals surface area (Å²) in [7, 11) is 0. The largest absolute Gasteiger partial charge is 0.457 e. The highest BCUT2D eigenvalue weighted by Gasteiger charge is 2.82. The van der Waals surface area contributed by atoms with Gasteiger partial charge in [0, 0.05) is 17.0 Å². The van der Waals surface area contributed by atoms with Crippen LogP contribution in [0.1, 0.15) is 16.7 Å². The molecule has 1 rings (SSSR count). The van der Waals surface area contributed by atoms with E-state index in [0.717, 1.165) is 13.0 Å². The molecule has 1 aromatic rings. The maximum atomic E-state index is 14.7. The van der Waals surface area contributed by atoms with Gasteiger partial charge in [-0.2, -0.15) is 35.1 Å². The molecular formula is C13H7Cl4F9. The van der Waals surface area contributed by atoms with Crippen molar-refractivity contribution in [3.8, 4) is 0 Å². The second kappa shape index (κ2) is 6.97. The second-order valence-corrected chi connectivity index (χ2v) is 8.22. The minimum atomic E-state index is -6.87. The smallest absolute Gasteiger partial charge is 0.221 e. The number of halogens is 13. The molecule has 1 atom stereocenters. The zero-order chi connectivity index (χ0) is 20.9. The van der Waals surface area contributed by atoms with Crippen LogP contribution in [0, 0.1) is 6.92 Å². The monoisotopic (exact) mass is 474 g/mol. The van der Waals surface area contributed by atoms with Crippen molar-refractivity contribution < 1.29 is 39.5 Å². The lowest BCUT2D eigenvalue weighted by molar-refractivity contribution is -0.389. The van der Waals surface area contributed by atoms with E-state index in [9.17, 15) is 39.5 Å². The van der Waals surface area contributed by atoms with Crippen LogP contribution in [0.5, 0.6) is 0 Å². The van der Waals surface area contributed by atoms with E-state index in [1.165, 1.54) is 0 Å². The van der Waals surface area contributed by atoms with Crippen LogP contribution >= 0.6 is 46.4 Å². The minimum absolute atomic E-state index is 0.157. The van der Waals surface area contributed by atoms with Crippen molar-refractivity contribution in [2.24, 2.45) is 0 Å². The summed E-state index contributed by atoms with van der Waals surface area (Å²) in [6, 6.07) is 1.06. The molecule has 0 saturated heterocycles. The van der Waals surface area contributed by atoms with Gasteiger partial charge >= 0.3 is 23.9 Å². The molecule has 26 heavy (non-hydrogen) atoms. The van der Waals surface area contributed by atoms with Gasteiger partial charge in [-0.1, -0.05) is 52.5 Å². The molecule has 1 unspecified atom stereocenters. The number of hydrogen-bond donors (Lipinski definition) is 0. The summed E-state index contributed by atoms with van der Waals surface area (Å²) in [6.07, 6.45) is -14.7. The van der Waals surface area contributed by atoms with Gasteiger partial charge < -0.3 is 0 Å². The predicted octanol–water partition coefficient (Wildman–Crippen LogP) is 7.49. The molecule has 0 heterocycles. The number of rotatable bonds is 3. The molecule has 150 valence electrons. The maximum absolute atomic E-state index is 14.7. The lowest BCUT2D eigenvalue weighted by atomic mass is 9.83. The Morgan fingerprint density at radius 1 is 0.808 bits per heavy atom. The first kappa shape index (κ1) is 23.8. The third kappa shape index (κ3) is 4.25. The molecule has 0 radical (unpaired) electrons. The Kier molecular flexibility index (Phi) is 6.38. The molecule has 0 bridgehead atoms. The molecule has 0 nitrogen and oxygen atoms in total. The molecule has 0 aliphatic heterocycles. The minimum Gasteiger partial charge on any atom is -0.221 e. The summed E-state index contributed by atoms with van der Waals surface area (Å²) in [5.74, 6) is -6.85. The molecule has 0 aliphatic carbocycles. The summed E-state index contributed by atoms with van der Waals surface area (Å²) in [5.41, 5.74) is -9.70. The first-order chi connectivity index (χ1) is 11.3. The molecule has 0 spiro atoms. The molecule has 0 saturated carbocycles. The van der Waals surface area contributed by atoms with Gasteiger partial charge in [0.05, 0.1) is 0 Å². The summed E-state index contributed by atoms with van der Waals surface area (Å²) >= 11 is 21.8. The van der Waals surface area contributed by atoms with Gasteiger partial charge in [0.25, 0.3) is 0 Å². The highest BCUT2D eigenvalue weighted by atomic mass is 35.6. The predicted molar refractivity (Wildman–Crippen MR) is 80.0 cm³/mol. The van der Waals surface area contributed by atoms with Gasteiger partial charge in [-0.15, -0.1) is 0 Å². The summed E-state index contributed by atoms with van der Waals surface area (Å²) < 4.78 is 117. The maximum Gasteiger partial charge on any atom is 0.457 e. The lowest BCUT2D eigenvalue weighted by Crippen LogP contribution is -2.60. The first-order valence-electron chi connectivity index (χ1n) is 6.32. The molecule has 0 aliphatic rings. The molecule has 0 fully saturated rings. The van der Waals surface area contributed by atoms with Crippen LogP contribution in [0.3, 0.4) is 0 Å². The van der Waals surface area contributed by atoms with Gasteiger partial charge in [-0.05, 0) is 24.1 Å². The van der Waals surface area contributed by atoms with Crippen molar-refractivity contribution in [3.05, 3.63) is 33.8 Å². The second-order valence-electron chi connectivity index (χ2n) is 5.29. The van der Waals surface area contributed by atoms with Crippen LogP contribution in [0.15, 0.2) is 12.1 Å². The van der Waals surface area contributed by atoms with Crippen LogP contribution in [-0.4, -0.2) is 22.1 Å². The van der Waals surface area contributed by atoms with E-state index < -0.39 is 50.3 Å². The average molecular weight is 476 g/mol. The Balaban J connectivity index is 3.97. The van der Waals surface area contributed by atoms with E-state index in [1.807, 2.05) is 0 Å². The fraction of sp³-hybridized carbons (Fsp3) is 0.538. The van der Waals surface area contributed by atoms with E-state index >= 15 is 0 Å². The summed E-state index contributed by atoms with van der Waals surface area (Å²) in [5, 5.41) is -0.768. The van der Waals surface area contributed by atoms with Crippen molar-refractivity contribution >= 4 is 46.4 Å². The average Bonchev–Trinajstić information content (AvgIpc) is 2.36. The SMILES string of the molecule is Cc1cc(Cl)c(CC(Cl)(Cl)Cl)c(C(F)(C(F)(F)F)C(F)(F)C(F)(F)F)c1. The fourth-order valence-electron chi connectivity index (χ4n) is 2.15. The van der Waals surface area contributed by atoms with Crippen molar-refractivity contribution in [2.45, 2.75) is 41.1 Å². The van der Waals surface area contributed by atoms with Crippen molar-refractivity contribution in [1.82, 2.24) is 0 Å². The molecule has 0 amide bonds.